The van der Waals surface area contributed by atoms with Gasteiger partial charge in [0.15, 0.2) is 0 Å². The maximum Gasteiger partial charge on any atom is 0.143 e. The van der Waals surface area contributed by atoms with Crippen molar-refractivity contribution in [3.05, 3.63) is 187 Å². The van der Waals surface area contributed by atoms with Crippen LogP contribution in [0.4, 0.5) is 0 Å². The molecule has 0 saturated heterocycles. The molecule has 1 aliphatic carbocycles. The first-order valence-corrected chi connectivity index (χ1v) is 18.4. The molecule has 0 atom stereocenters. The van der Waals surface area contributed by atoms with Gasteiger partial charge in [-0.2, -0.15) is 0 Å². The van der Waals surface area contributed by atoms with Crippen molar-refractivity contribution < 1.29 is 4.42 Å². The summed E-state index contributed by atoms with van der Waals surface area (Å²) in [7, 11) is 0. The molecule has 0 radical (unpaired) electrons. The number of para-hydroxylation sites is 3. The number of hydrogen-bond donors (Lipinski definition) is 0. The van der Waals surface area contributed by atoms with Crippen LogP contribution in [0.1, 0.15) is 25.0 Å². The molecule has 1 aliphatic rings. The second-order valence-electron chi connectivity index (χ2n) is 14.9. The molecule has 2 heteroatoms. The maximum atomic E-state index is 6.63. The van der Waals surface area contributed by atoms with Gasteiger partial charge in [0.05, 0.1) is 11.0 Å². The first-order chi connectivity index (χ1) is 26.0. The Morgan fingerprint density at radius 3 is 1.96 bits per heavy atom. The molecule has 2 aromatic heterocycles. The summed E-state index contributed by atoms with van der Waals surface area (Å²) in [5.74, 6) is 0. The zero-order valence-electron chi connectivity index (χ0n) is 29.6. The van der Waals surface area contributed by atoms with E-state index in [0.717, 1.165) is 44.3 Å². The Labute approximate surface area is 308 Å². The molecule has 53 heavy (non-hydrogen) atoms. The lowest BCUT2D eigenvalue weighted by molar-refractivity contribution is 0.666. The second kappa shape index (κ2) is 11.2. The van der Waals surface area contributed by atoms with Crippen LogP contribution in [0.25, 0.3) is 93.9 Å². The highest BCUT2D eigenvalue weighted by molar-refractivity contribution is 6.15. The minimum Gasteiger partial charge on any atom is -0.455 e. The van der Waals surface area contributed by atoms with Gasteiger partial charge in [-0.25, -0.2) is 0 Å². The summed E-state index contributed by atoms with van der Waals surface area (Å²) in [6.07, 6.45) is 0. The fourth-order valence-electron chi connectivity index (χ4n) is 9.16. The van der Waals surface area contributed by atoms with Crippen LogP contribution in [0.3, 0.4) is 0 Å². The highest BCUT2D eigenvalue weighted by Crippen LogP contribution is 2.53. The third kappa shape index (κ3) is 4.39. The molecule has 0 saturated carbocycles. The first-order valence-electron chi connectivity index (χ1n) is 18.4. The molecule has 0 N–H and O–H groups in total. The zero-order valence-corrected chi connectivity index (χ0v) is 29.6. The van der Waals surface area contributed by atoms with E-state index in [9.17, 15) is 0 Å². The van der Waals surface area contributed by atoms with Gasteiger partial charge in [0.1, 0.15) is 11.2 Å². The van der Waals surface area contributed by atoms with Crippen LogP contribution in [0.5, 0.6) is 0 Å². The van der Waals surface area contributed by atoms with Crippen LogP contribution in [0.2, 0.25) is 0 Å². The standard InChI is InChI=1S/C51H35NO/c1-51(2)44-23-9-6-18-39(44)41-26-27-46-48(49(41)51)43-20-7-10-24-45(43)52(46)37-30-35(34-17-12-16-33(28-34)32-14-4-3-5-15-32)29-36(31-37)38-21-13-22-42-40-19-8-11-25-47(40)53-50(38)42/h3-31H,1-2H3. The van der Waals surface area contributed by atoms with E-state index in [2.05, 4.69) is 188 Å². The predicted octanol–water partition coefficient (Wildman–Crippen LogP) is 14.0. The molecule has 0 amide bonds. The van der Waals surface area contributed by atoms with Crippen molar-refractivity contribution >= 4 is 43.7 Å². The lowest BCUT2D eigenvalue weighted by atomic mass is 9.80. The minimum atomic E-state index is -0.137. The number of aromatic nitrogens is 1. The van der Waals surface area contributed by atoms with Crippen LogP contribution < -0.4 is 0 Å². The van der Waals surface area contributed by atoms with E-state index in [1.165, 1.54) is 60.8 Å². The Kier molecular flexibility index (Phi) is 6.33. The molecule has 2 heterocycles. The molecule has 0 unspecified atom stereocenters. The largest absolute Gasteiger partial charge is 0.455 e. The number of benzene rings is 8. The Morgan fingerprint density at radius 2 is 1.08 bits per heavy atom. The summed E-state index contributed by atoms with van der Waals surface area (Å²) in [6, 6.07) is 64.0. The normalized spacial score (nSPS) is 13.2. The minimum absolute atomic E-state index is 0.137. The molecule has 2 nitrogen and oxygen atoms in total. The van der Waals surface area contributed by atoms with E-state index in [1.807, 2.05) is 6.07 Å². The smallest absolute Gasteiger partial charge is 0.143 e. The van der Waals surface area contributed by atoms with Crippen molar-refractivity contribution in [2.24, 2.45) is 0 Å². The molecule has 0 spiro atoms. The third-order valence-corrected chi connectivity index (χ3v) is 11.5. The molecule has 250 valence electrons. The van der Waals surface area contributed by atoms with E-state index < -0.39 is 0 Å². The van der Waals surface area contributed by atoms with Gasteiger partial charge >= 0.3 is 0 Å². The SMILES string of the molecule is CC1(C)c2ccccc2-c2ccc3c(c21)c1ccccc1n3-c1cc(-c2cccc(-c3ccccc3)c2)cc(-c2cccc3c2oc2ccccc23)c1. The van der Waals surface area contributed by atoms with Gasteiger partial charge in [-0.05, 0) is 92.5 Å². The topological polar surface area (TPSA) is 18.1 Å². The number of hydrogen-bond acceptors (Lipinski definition) is 1. The summed E-state index contributed by atoms with van der Waals surface area (Å²) in [6.45, 7) is 4.77. The quantitative estimate of drug-likeness (QED) is 0.181. The summed E-state index contributed by atoms with van der Waals surface area (Å²) < 4.78 is 9.11. The van der Waals surface area contributed by atoms with Gasteiger partial charge in [-0.15, -0.1) is 0 Å². The second-order valence-corrected chi connectivity index (χ2v) is 14.9. The monoisotopic (exact) mass is 677 g/mol. The highest BCUT2D eigenvalue weighted by atomic mass is 16.3. The molecule has 11 rings (SSSR count). The number of fused-ring (bicyclic) bond motifs is 10. The number of rotatable bonds is 4. The van der Waals surface area contributed by atoms with Crippen LogP contribution in [-0.4, -0.2) is 4.57 Å². The first kappa shape index (κ1) is 30.0. The molecule has 0 fully saturated rings. The fraction of sp³-hybridized carbons (Fsp3) is 0.0588. The van der Waals surface area contributed by atoms with Crippen LogP contribution in [0, 0.1) is 0 Å². The van der Waals surface area contributed by atoms with Gasteiger partial charge in [-0.1, -0.05) is 147 Å². The Bertz CT molecular complexity index is 3080. The lowest BCUT2D eigenvalue weighted by Gasteiger charge is -2.22. The van der Waals surface area contributed by atoms with E-state index in [1.54, 1.807) is 0 Å². The Balaban J connectivity index is 1.21. The van der Waals surface area contributed by atoms with Crippen molar-refractivity contribution in [2.75, 3.05) is 0 Å². The fourth-order valence-corrected chi connectivity index (χ4v) is 9.16. The zero-order chi connectivity index (χ0) is 35.3. The summed E-state index contributed by atoms with van der Waals surface area (Å²) in [5.41, 5.74) is 17.6. The van der Waals surface area contributed by atoms with Gasteiger partial charge < -0.3 is 8.98 Å². The molecular formula is C51H35NO. The Hall–Kier alpha value is -6.64. The van der Waals surface area contributed by atoms with Crippen molar-refractivity contribution in [2.45, 2.75) is 19.3 Å². The van der Waals surface area contributed by atoms with Crippen molar-refractivity contribution in [1.29, 1.82) is 0 Å². The lowest BCUT2D eigenvalue weighted by Crippen LogP contribution is -2.15. The number of nitrogens with zero attached hydrogens (tertiary/aromatic N) is 1. The van der Waals surface area contributed by atoms with Gasteiger partial charge in [0.25, 0.3) is 0 Å². The van der Waals surface area contributed by atoms with E-state index >= 15 is 0 Å². The van der Waals surface area contributed by atoms with Crippen molar-refractivity contribution in [3.8, 4) is 50.2 Å². The third-order valence-electron chi connectivity index (χ3n) is 11.5. The van der Waals surface area contributed by atoms with E-state index in [-0.39, 0.29) is 5.41 Å². The number of furan rings is 1. The average molecular weight is 678 g/mol. The molecule has 0 aliphatic heterocycles. The molecule has 10 aromatic rings. The Morgan fingerprint density at radius 1 is 0.434 bits per heavy atom. The summed E-state index contributed by atoms with van der Waals surface area (Å²) in [4.78, 5) is 0. The van der Waals surface area contributed by atoms with Crippen molar-refractivity contribution in [1.82, 2.24) is 4.57 Å². The van der Waals surface area contributed by atoms with Gasteiger partial charge in [-0.3, -0.25) is 0 Å². The van der Waals surface area contributed by atoms with E-state index in [4.69, 9.17) is 4.42 Å². The van der Waals surface area contributed by atoms with Crippen LogP contribution in [-0.2, 0) is 5.41 Å². The van der Waals surface area contributed by atoms with Crippen LogP contribution in [0.15, 0.2) is 180 Å². The predicted molar refractivity (Wildman–Crippen MR) is 222 cm³/mol. The van der Waals surface area contributed by atoms with E-state index in [0.29, 0.717) is 0 Å². The summed E-state index contributed by atoms with van der Waals surface area (Å²) in [5, 5.41) is 4.87. The molecule has 8 aromatic carbocycles. The highest BCUT2D eigenvalue weighted by Gasteiger charge is 2.38. The molecule has 0 bridgehead atoms. The summed E-state index contributed by atoms with van der Waals surface area (Å²) >= 11 is 0. The molecular weight excluding hydrogens is 643 g/mol. The van der Waals surface area contributed by atoms with Gasteiger partial charge in [0, 0.05) is 38.2 Å². The van der Waals surface area contributed by atoms with Gasteiger partial charge in [0.2, 0.25) is 0 Å². The van der Waals surface area contributed by atoms with Crippen LogP contribution >= 0.6 is 0 Å². The maximum absolute atomic E-state index is 6.63. The average Bonchev–Trinajstić information content (AvgIpc) is 3.84. The van der Waals surface area contributed by atoms with Crippen molar-refractivity contribution in [3.63, 3.8) is 0 Å².